The van der Waals surface area contributed by atoms with Crippen LogP contribution in [0, 0.1) is 0 Å². The lowest BCUT2D eigenvalue weighted by Crippen LogP contribution is -2.41. The lowest BCUT2D eigenvalue weighted by Gasteiger charge is -2.40. The van der Waals surface area contributed by atoms with Crippen molar-refractivity contribution in [2.75, 3.05) is 32.3 Å². The molecule has 1 aromatic rings. The SMILES string of the molecule is CC.CCOC.COC1(c2ccccc2)CSC1. The summed E-state index contributed by atoms with van der Waals surface area (Å²) in [5, 5.41) is 0. The Balaban J connectivity index is 0.000000415. The van der Waals surface area contributed by atoms with E-state index in [1.54, 1.807) is 14.2 Å². The molecule has 0 N–H and O–H groups in total. The maximum atomic E-state index is 5.54. The Labute approximate surface area is 116 Å². The Kier molecular flexibility index (Phi) is 10.1. The fraction of sp³-hybridized carbons (Fsp3) is 0.600. The van der Waals surface area contributed by atoms with Crippen LogP contribution in [0.5, 0.6) is 0 Å². The number of hydrogen-bond donors (Lipinski definition) is 0. The first-order valence-electron chi connectivity index (χ1n) is 6.46. The fourth-order valence-electron chi connectivity index (χ4n) is 1.43. The van der Waals surface area contributed by atoms with E-state index in [1.807, 2.05) is 38.6 Å². The molecule has 0 spiro atoms. The van der Waals surface area contributed by atoms with Gasteiger partial charge in [-0.3, -0.25) is 0 Å². The van der Waals surface area contributed by atoms with Crippen molar-refractivity contribution in [2.45, 2.75) is 26.4 Å². The summed E-state index contributed by atoms with van der Waals surface area (Å²) in [5.41, 5.74) is 1.33. The molecule has 1 heterocycles. The molecule has 1 saturated heterocycles. The third-order valence-electron chi connectivity index (χ3n) is 2.65. The van der Waals surface area contributed by atoms with Crippen molar-refractivity contribution < 1.29 is 9.47 Å². The number of methoxy groups -OCH3 is 2. The topological polar surface area (TPSA) is 18.5 Å². The maximum Gasteiger partial charge on any atom is 0.111 e. The van der Waals surface area contributed by atoms with E-state index in [0.29, 0.717) is 0 Å². The van der Waals surface area contributed by atoms with Crippen LogP contribution < -0.4 is 0 Å². The van der Waals surface area contributed by atoms with Crippen LogP contribution in [0.15, 0.2) is 30.3 Å². The molecule has 0 aliphatic carbocycles. The molecule has 18 heavy (non-hydrogen) atoms. The van der Waals surface area contributed by atoms with Gasteiger partial charge in [0, 0.05) is 32.3 Å². The van der Waals surface area contributed by atoms with Gasteiger partial charge in [0.25, 0.3) is 0 Å². The van der Waals surface area contributed by atoms with Gasteiger partial charge in [0.1, 0.15) is 5.60 Å². The minimum atomic E-state index is 0.0198. The highest BCUT2D eigenvalue weighted by atomic mass is 32.2. The predicted octanol–water partition coefficient (Wildman–Crippen LogP) is 3.95. The number of rotatable bonds is 3. The Morgan fingerprint density at radius 2 is 1.61 bits per heavy atom. The van der Waals surface area contributed by atoms with Gasteiger partial charge >= 0.3 is 0 Å². The monoisotopic (exact) mass is 270 g/mol. The van der Waals surface area contributed by atoms with E-state index in [2.05, 4.69) is 29.0 Å². The number of thioether (sulfide) groups is 1. The quantitative estimate of drug-likeness (QED) is 0.828. The minimum absolute atomic E-state index is 0.0198. The molecule has 1 aliphatic heterocycles. The van der Waals surface area contributed by atoms with Gasteiger partial charge in [-0.05, 0) is 12.5 Å². The molecule has 0 bridgehead atoms. The maximum absolute atomic E-state index is 5.54. The summed E-state index contributed by atoms with van der Waals surface area (Å²) < 4.78 is 10.1. The molecule has 0 unspecified atom stereocenters. The second-order valence-corrected chi connectivity index (χ2v) is 4.62. The van der Waals surface area contributed by atoms with Gasteiger partial charge in [-0.1, -0.05) is 44.2 Å². The van der Waals surface area contributed by atoms with E-state index in [9.17, 15) is 0 Å². The fourth-order valence-corrected chi connectivity index (χ4v) is 2.58. The molecule has 1 fully saturated rings. The van der Waals surface area contributed by atoms with Crippen LogP contribution in [0.2, 0.25) is 0 Å². The Hall–Kier alpha value is -0.510. The van der Waals surface area contributed by atoms with Crippen molar-refractivity contribution in [1.29, 1.82) is 0 Å². The average Bonchev–Trinajstić information content (AvgIpc) is 2.42. The highest BCUT2D eigenvalue weighted by Gasteiger charge is 2.39. The smallest absolute Gasteiger partial charge is 0.111 e. The van der Waals surface area contributed by atoms with Crippen LogP contribution in [0.4, 0.5) is 0 Å². The Morgan fingerprint density at radius 1 is 1.11 bits per heavy atom. The minimum Gasteiger partial charge on any atom is -0.385 e. The van der Waals surface area contributed by atoms with Gasteiger partial charge in [0.2, 0.25) is 0 Å². The summed E-state index contributed by atoms with van der Waals surface area (Å²) in [6, 6.07) is 10.5. The van der Waals surface area contributed by atoms with Gasteiger partial charge in [-0.25, -0.2) is 0 Å². The van der Waals surface area contributed by atoms with Crippen LogP contribution in [-0.2, 0) is 15.1 Å². The van der Waals surface area contributed by atoms with Gasteiger partial charge in [-0.15, -0.1) is 0 Å². The third-order valence-corrected chi connectivity index (χ3v) is 3.99. The molecule has 0 saturated carbocycles. The van der Waals surface area contributed by atoms with Crippen LogP contribution in [0.3, 0.4) is 0 Å². The summed E-state index contributed by atoms with van der Waals surface area (Å²) >= 11 is 1.94. The first-order chi connectivity index (χ1) is 8.79. The Morgan fingerprint density at radius 3 is 1.89 bits per heavy atom. The molecule has 2 nitrogen and oxygen atoms in total. The normalized spacial score (nSPS) is 15.4. The van der Waals surface area contributed by atoms with Crippen LogP contribution in [0.1, 0.15) is 26.3 Å². The lowest BCUT2D eigenvalue weighted by atomic mass is 9.97. The zero-order valence-corrected chi connectivity index (χ0v) is 13.0. The van der Waals surface area contributed by atoms with E-state index in [4.69, 9.17) is 4.74 Å². The molecule has 0 atom stereocenters. The van der Waals surface area contributed by atoms with E-state index in [-0.39, 0.29) is 5.60 Å². The molecule has 0 amide bonds. The van der Waals surface area contributed by atoms with Crippen molar-refractivity contribution in [3.63, 3.8) is 0 Å². The van der Waals surface area contributed by atoms with Crippen LogP contribution in [0.25, 0.3) is 0 Å². The van der Waals surface area contributed by atoms with Crippen molar-refractivity contribution in [1.82, 2.24) is 0 Å². The average molecular weight is 270 g/mol. The molecule has 1 aliphatic rings. The molecule has 2 rings (SSSR count). The molecular formula is C15H26O2S. The van der Waals surface area contributed by atoms with Crippen LogP contribution >= 0.6 is 11.8 Å². The number of hydrogen-bond acceptors (Lipinski definition) is 3. The second-order valence-electron chi connectivity index (χ2n) is 3.63. The molecule has 3 heteroatoms. The number of ether oxygens (including phenoxy) is 2. The summed E-state index contributed by atoms with van der Waals surface area (Å²) in [5.74, 6) is 2.18. The largest absolute Gasteiger partial charge is 0.385 e. The van der Waals surface area contributed by atoms with Crippen LogP contribution in [-0.4, -0.2) is 32.3 Å². The zero-order valence-electron chi connectivity index (χ0n) is 12.2. The third kappa shape index (κ3) is 5.01. The summed E-state index contributed by atoms with van der Waals surface area (Å²) in [6.07, 6.45) is 0. The van der Waals surface area contributed by atoms with Crippen molar-refractivity contribution in [3.05, 3.63) is 35.9 Å². The van der Waals surface area contributed by atoms with Crippen molar-refractivity contribution in [2.24, 2.45) is 0 Å². The first kappa shape index (κ1) is 17.5. The highest BCUT2D eigenvalue weighted by molar-refractivity contribution is 8.00. The van der Waals surface area contributed by atoms with Gasteiger partial charge < -0.3 is 9.47 Å². The standard InChI is InChI=1S/C10H12OS.C3H8O.C2H6/c1-11-10(7-12-8-10)9-5-3-2-4-6-9;1-3-4-2;1-2/h2-6H,7-8H2,1H3;3H2,1-2H3;1-2H3. The van der Waals surface area contributed by atoms with Crippen molar-refractivity contribution in [3.8, 4) is 0 Å². The molecule has 104 valence electrons. The Bertz CT molecular complexity index is 276. The molecular weight excluding hydrogens is 244 g/mol. The van der Waals surface area contributed by atoms with Gasteiger partial charge in [0.15, 0.2) is 0 Å². The van der Waals surface area contributed by atoms with E-state index in [0.717, 1.165) is 18.1 Å². The van der Waals surface area contributed by atoms with E-state index >= 15 is 0 Å². The zero-order chi connectivity index (χ0) is 13.9. The predicted molar refractivity (Wildman–Crippen MR) is 81.4 cm³/mol. The van der Waals surface area contributed by atoms with Gasteiger partial charge in [-0.2, -0.15) is 11.8 Å². The molecule has 0 radical (unpaired) electrons. The molecule has 1 aromatic carbocycles. The first-order valence-corrected chi connectivity index (χ1v) is 7.62. The summed E-state index contributed by atoms with van der Waals surface area (Å²) in [7, 11) is 3.48. The highest BCUT2D eigenvalue weighted by Crippen LogP contribution is 2.41. The molecule has 0 aromatic heterocycles. The van der Waals surface area contributed by atoms with E-state index < -0.39 is 0 Å². The summed E-state index contributed by atoms with van der Waals surface area (Å²) in [4.78, 5) is 0. The van der Waals surface area contributed by atoms with Crippen molar-refractivity contribution >= 4 is 11.8 Å². The van der Waals surface area contributed by atoms with Gasteiger partial charge in [0.05, 0.1) is 0 Å². The second kappa shape index (κ2) is 10.4. The number of benzene rings is 1. The summed E-state index contributed by atoms with van der Waals surface area (Å²) in [6.45, 7) is 6.78. The van der Waals surface area contributed by atoms with E-state index in [1.165, 1.54) is 5.56 Å². The lowest BCUT2D eigenvalue weighted by molar-refractivity contribution is 0.0180.